The predicted molar refractivity (Wildman–Crippen MR) is 96.4 cm³/mol. The van der Waals surface area contributed by atoms with E-state index in [9.17, 15) is 9.59 Å². The van der Waals surface area contributed by atoms with E-state index in [4.69, 9.17) is 19.3 Å². The number of rotatable bonds is 7. The number of carboxylic acid groups (broad SMARTS) is 1. The number of benzene rings is 2. The van der Waals surface area contributed by atoms with Crippen LogP contribution in [0, 0.1) is 0 Å². The van der Waals surface area contributed by atoms with E-state index in [1.807, 2.05) is 6.07 Å². The summed E-state index contributed by atoms with van der Waals surface area (Å²) >= 11 is 0. The fourth-order valence-electron chi connectivity index (χ4n) is 2.40. The second-order valence-corrected chi connectivity index (χ2v) is 5.70. The molecule has 2 aromatic carbocycles. The predicted octanol–water partition coefficient (Wildman–Crippen LogP) is 1.61. The van der Waals surface area contributed by atoms with Crippen molar-refractivity contribution < 1.29 is 28.9 Å². The average molecular weight is 370 g/mol. The van der Waals surface area contributed by atoms with Crippen LogP contribution in [-0.2, 0) is 16.0 Å². The van der Waals surface area contributed by atoms with Crippen LogP contribution in [0.2, 0.25) is 0 Å². The number of amides is 1. The summed E-state index contributed by atoms with van der Waals surface area (Å²) in [4.78, 5) is 22.4. The zero-order valence-electron chi connectivity index (χ0n) is 14.4. The Balaban J connectivity index is 1.49. The number of hydrogen-bond acceptors (Lipinski definition) is 6. The van der Waals surface area contributed by atoms with Gasteiger partial charge < -0.3 is 19.3 Å². The standard InChI is InChI=1S/C19H18N2O6/c22-18(10-14-3-6-16-17(9-14)26-8-7-25-16)21-20-11-13-1-4-15(5-2-13)27-12-19(23)24/h1-6,9,11H,7-8,10,12H2,(H,21,22)(H,23,24)/b20-11+. The molecule has 0 aromatic heterocycles. The van der Waals surface area contributed by atoms with Gasteiger partial charge in [-0.05, 0) is 47.5 Å². The number of nitrogens with one attached hydrogen (secondary N) is 1. The quantitative estimate of drug-likeness (QED) is 0.567. The molecular weight excluding hydrogens is 352 g/mol. The average Bonchev–Trinajstić information content (AvgIpc) is 2.67. The van der Waals surface area contributed by atoms with Gasteiger partial charge in [-0.25, -0.2) is 10.2 Å². The highest BCUT2D eigenvalue weighted by atomic mass is 16.6. The number of ether oxygens (including phenoxy) is 3. The number of hydrazone groups is 1. The van der Waals surface area contributed by atoms with Crippen molar-refractivity contribution in [2.24, 2.45) is 5.10 Å². The van der Waals surface area contributed by atoms with Gasteiger partial charge in [0.2, 0.25) is 5.91 Å². The molecule has 0 saturated carbocycles. The third-order valence-corrected chi connectivity index (χ3v) is 3.62. The molecule has 3 rings (SSSR count). The van der Waals surface area contributed by atoms with E-state index in [1.165, 1.54) is 6.21 Å². The molecule has 8 nitrogen and oxygen atoms in total. The lowest BCUT2D eigenvalue weighted by Gasteiger charge is -2.18. The molecule has 1 heterocycles. The lowest BCUT2D eigenvalue weighted by molar-refractivity contribution is -0.139. The first kappa shape index (κ1) is 18.2. The monoisotopic (exact) mass is 370 g/mol. The van der Waals surface area contributed by atoms with Crippen LogP contribution in [0.3, 0.4) is 0 Å². The smallest absolute Gasteiger partial charge is 0.341 e. The van der Waals surface area contributed by atoms with Crippen LogP contribution >= 0.6 is 0 Å². The summed E-state index contributed by atoms with van der Waals surface area (Å²) in [5.41, 5.74) is 4.00. The molecule has 0 unspecified atom stereocenters. The SMILES string of the molecule is O=C(O)COc1ccc(/C=N/NC(=O)Cc2ccc3c(c2)OCCO3)cc1. The number of carbonyl (C=O) groups excluding carboxylic acids is 1. The van der Waals surface area contributed by atoms with Crippen molar-refractivity contribution in [1.29, 1.82) is 0 Å². The van der Waals surface area contributed by atoms with Gasteiger partial charge in [0, 0.05) is 0 Å². The highest BCUT2D eigenvalue weighted by Gasteiger charge is 2.12. The highest BCUT2D eigenvalue weighted by Crippen LogP contribution is 2.30. The molecule has 2 N–H and O–H groups in total. The second kappa shape index (κ2) is 8.70. The second-order valence-electron chi connectivity index (χ2n) is 5.70. The molecule has 2 aromatic rings. The van der Waals surface area contributed by atoms with E-state index in [2.05, 4.69) is 10.5 Å². The van der Waals surface area contributed by atoms with Crippen LogP contribution in [0.1, 0.15) is 11.1 Å². The van der Waals surface area contributed by atoms with Crippen molar-refractivity contribution in [3.63, 3.8) is 0 Å². The summed E-state index contributed by atoms with van der Waals surface area (Å²) < 4.78 is 16.0. The first-order valence-electron chi connectivity index (χ1n) is 8.25. The molecule has 27 heavy (non-hydrogen) atoms. The Morgan fingerprint density at radius 3 is 2.59 bits per heavy atom. The summed E-state index contributed by atoms with van der Waals surface area (Å²) in [5.74, 6) is 0.461. The summed E-state index contributed by atoms with van der Waals surface area (Å²) in [5, 5.41) is 12.5. The van der Waals surface area contributed by atoms with E-state index in [0.717, 1.165) is 11.1 Å². The maximum Gasteiger partial charge on any atom is 0.341 e. The van der Waals surface area contributed by atoms with Gasteiger partial charge in [0.05, 0.1) is 12.6 Å². The first-order chi connectivity index (χ1) is 13.1. The van der Waals surface area contributed by atoms with Gasteiger partial charge in [-0.3, -0.25) is 4.79 Å². The molecule has 0 aliphatic carbocycles. The summed E-state index contributed by atoms with van der Waals surface area (Å²) in [6, 6.07) is 12.0. The number of carbonyl (C=O) groups is 2. The molecule has 0 radical (unpaired) electrons. The van der Waals surface area contributed by atoms with Crippen molar-refractivity contribution in [2.75, 3.05) is 19.8 Å². The minimum absolute atomic E-state index is 0.163. The maximum absolute atomic E-state index is 12.0. The van der Waals surface area contributed by atoms with Gasteiger partial charge in [-0.1, -0.05) is 6.07 Å². The lowest BCUT2D eigenvalue weighted by atomic mass is 10.1. The Morgan fingerprint density at radius 2 is 1.85 bits per heavy atom. The molecule has 0 spiro atoms. The van der Waals surface area contributed by atoms with E-state index >= 15 is 0 Å². The first-order valence-corrected chi connectivity index (χ1v) is 8.25. The fraction of sp³-hybridized carbons (Fsp3) is 0.211. The largest absolute Gasteiger partial charge is 0.486 e. The van der Waals surface area contributed by atoms with Crippen LogP contribution in [-0.4, -0.2) is 43.0 Å². The zero-order chi connectivity index (χ0) is 19.1. The van der Waals surface area contributed by atoms with E-state index < -0.39 is 12.6 Å². The highest BCUT2D eigenvalue weighted by molar-refractivity contribution is 5.83. The Labute approximate surface area is 155 Å². The van der Waals surface area contributed by atoms with Crippen molar-refractivity contribution in [1.82, 2.24) is 5.43 Å². The lowest BCUT2D eigenvalue weighted by Crippen LogP contribution is -2.20. The van der Waals surface area contributed by atoms with Crippen LogP contribution in [0.4, 0.5) is 0 Å². The normalized spacial score (nSPS) is 12.6. The van der Waals surface area contributed by atoms with Crippen LogP contribution < -0.4 is 19.6 Å². The van der Waals surface area contributed by atoms with Gasteiger partial charge in [0.25, 0.3) is 0 Å². The molecule has 0 atom stereocenters. The summed E-state index contributed by atoms with van der Waals surface area (Å²) in [6.45, 7) is 0.616. The summed E-state index contributed by atoms with van der Waals surface area (Å²) in [7, 11) is 0. The maximum atomic E-state index is 12.0. The number of hydrogen-bond donors (Lipinski definition) is 2. The number of fused-ring (bicyclic) bond motifs is 1. The molecule has 1 aliphatic heterocycles. The Bertz CT molecular complexity index is 848. The Morgan fingerprint density at radius 1 is 1.11 bits per heavy atom. The van der Waals surface area contributed by atoms with Crippen molar-refractivity contribution >= 4 is 18.1 Å². The minimum Gasteiger partial charge on any atom is -0.486 e. The molecule has 1 aliphatic rings. The third-order valence-electron chi connectivity index (χ3n) is 3.62. The van der Waals surface area contributed by atoms with Crippen molar-refractivity contribution in [2.45, 2.75) is 6.42 Å². The number of carboxylic acids is 1. The van der Waals surface area contributed by atoms with Crippen molar-refractivity contribution in [3.8, 4) is 17.2 Å². The molecule has 140 valence electrons. The molecular formula is C19H18N2O6. The van der Waals surface area contributed by atoms with Gasteiger partial charge in [-0.2, -0.15) is 5.10 Å². The van der Waals surface area contributed by atoms with Crippen LogP contribution in [0.25, 0.3) is 0 Å². The van der Waals surface area contributed by atoms with Crippen LogP contribution in [0.5, 0.6) is 17.2 Å². The van der Waals surface area contributed by atoms with Gasteiger partial charge in [0.1, 0.15) is 19.0 Å². The number of nitrogens with zero attached hydrogens (tertiary/aromatic N) is 1. The van der Waals surface area contributed by atoms with Gasteiger partial charge >= 0.3 is 5.97 Å². The van der Waals surface area contributed by atoms with Crippen LogP contribution in [0.15, 0.2) is 47.6 Å². The van der Waals surface area contributed by atoms with Gasteiger partial charge in [0.15, 0.2) is 18.1 Å². The summed E-state index contributed by atoms with van der Waals surface area (Å²) in [6.07, 6.45) is 1.65. The van der Waals surface area contributed by atoms with E-state index in [0.29, 0.717) is 30.5 Å². The molecule has 0 bridgehead atoms. The minimum atomic E-state index is -1.04. The topological polar surface area (TPSA) is 106 Å². The molecule has 0 saturated heterocycles. The molecule has 0 fully saturated rings. The van der Waals surface area contributed by atoms with E-state index in [-0.39, 0.29) is 12.3 Å². The van der Waals surface area contributed by atoms with Gasteiger partial charge in [-0.15, -0.1) is 0 Å². The van der Waals surface area contributed by atoms with Crippen molar-refractivity contribution in [3.05, 3.63) is 53.6 Å². The Kier molecular flexibility index (Phi) is 5.88. The van der Waals surface area contributed by atoms with E-state index in [1.54, 1.807) is 36.4 Å². The molecule has 1 amide bonds. The molecule has 8 heteroatoms. The number of aliphatic carboxylic acids is 1. The fourth-order valence-corrected chi connectivity index (χ4v) is 2.40. The zero-order valence-corrected chi connectivity index (χ0v) is 14.4. The third kappa shape index (κ3) is 5.46. The Hall–Kier alpha value is -3.55.